The van der Waals surface area contributed by atoms with Gasteiger partial charge in [-0.25, -0.2) is 0 Å². The maximum atomic E-state index is 5.50. The van der Waals surface area contributed by atoms with Crippen molar-refractivity contribution in [2.45, 2.75) is 12.8 Å². The van der Waals surface area contributed by atoms with E-state index < -0.39 is 0 Å². The van der Waals surface area contributed by atoms with E-state index in [0.29, 0.717) is 0 Å². The number of rotatable bonds is 5. The fraction of sp³-hybridized carbons (Fsp3) is 0.353. The summed E-state index contributed by atoms with van der Waals surface area (Å²) in [5, 5.41) is 0. The Balaban J connectivity index is 2.29. The summed E-state index contributed by atoms with van der Waals surface area (Å²) in [7, 11) is 5.96. The van der Waals surface area contributed by atoms with Crippen molar-refractivity contribution in [2.75, 3.05) is 27.7 Å². The van der Waals surface area contributed by atoms with Gasteiger partial charge in [-0.1, -0.05) is 30.3 Å². The van der Waals surface area contributed by atoms with Crippen LogP contribution < -0.4 is 0 Å². The first-order valence-corrected chi connectivity index (χ1v) is 6.73. The van der Waals surface area contributed by atoms with Crippen molar-refractivity contribution in [3.63, 3.8) is 0 Å². The highest BCUT2D eigenvalue weighted by Crippen LogP contribution is 2.30. The van der Waals surface area contributed by atoms with E-state index in [0.717, 1.165) is 25.1 Å². The molecule has 2 rings (SSSR count). The van der Waals surface area contributed by atoms with Crippen molar-refractivity contribution in [3.8, 4) is 0 Å². The summed E-state index contributed by atoms with van der Waals surface area (Å²) in [4.78, 5) is 2.21. The number of allylic oxidation sites excluding steroid dienone is 3. The molecular formula is C17H22NO. The summed E-state index contributed by atoms with van der Waals surface area (Å²) >= 11 is 0. The van der Waals surface area contributed by atoms with E-state index in [9.17, 15) is 0 Å². The van der Waals surface area contributed by atoms with Crippen LogP contribution in [0.15, 0.2) is 42.2 Å². The molecule has 0 N–H and O–H groups in total. The number of benzene rings is 1. The molecule has 0 amide bonds. The zero-order valence-electron chi connectivity index (χ0n) is 12.0. The molecular weight excluding hydrogens is 234 g/mol. The molecule has 1 aromatic carbocycles. The van der Waals surface area contributed by atoms with Gasteiger partial charge in [0.25, 0.3) is 0 Å². The molecule has 2 nitrogen and oxygen atoms in total. The number of likely N-dealkylation sites (N-methyl/N-ethyl adjacent to an activating group) is 1. The normalized spacial score (nSPS) is 15.2. The van der Waals surface area contributed by atoms with Gasteiger partial charge in [0.05, 0.1) is 7.11 Å². The SMILES string of the molecule is COC1=CC[CH]C=C1c1ccccc1CCN(C)C. The second-order valence-electron chi connectivity index (χ2n) is 5.03. The van der Waals surface area contributed by atoms with Crippen LogP contribution in [0.4, 0.5) is 0 Å². The summed E-state index contributed by atoms with van der Waals surface area (Å²) < 4.78 is 5.50. The van der Waals surface area contributed by atoms with Gasteiger partial charge in [0, 0.05) is 12.1 Å². The third-order valence-corrected chi connectivity index (χ3v) is 3.35. The number of hydrogen-bond donors (Lipinski definition) is 0. The molecule has 0 heterocycles. The van der Waals surface area contributed by atoms with E-state index in [1.165, 1.54) is 16.7 Å². The maximum absolute atomic E-state index is 5.50. The van der Waals surface area contributed by atoms with E-state index in [1.54, 1.807) is 7.11 Å². The Morgan fingerprint density at radius 3 is 2.74 bits per heavy atom. The molecule has 0 aromatic heterocycles. The maximum Gasteiger partial charge on any atom is 0.122 e. The highest BCUT2D eigenvalue weighted by atomic mass is 16.5. The van der Waals surface area contributed by atoms with Crippen LogP contribution in [0.5, 0.6) is 0 Å². The molecule has 0 fully saturated rings. The molecule has 1 aliphatic carbocycles. The Morgan fingerprint density at radius 2 is 2.00 bits per heavy atom. The summed E-state index contributed by atoms with van der Waals surface area (Å²) in [6, 6.07) is 8.60. The summed E-state index contributed by atoms with van der Waals surface area (Å²) in [6.45, 7) is 1.06. The van der Waals surface area contributed by atoms with Gasteiger partial charge in [-0.3, -0.25) is 0 Å². The summed E-state index contributed by atoms with van der Waals surface area (Å²) in [5.41, 5.74) is 3.86. The van der Waals surface area contributed by atoms with E-state index in [4.69, 9.17) is 4.74 Å². The summed E-state index contributed by atoms with van der Waals surface area (Å²) in [6.07, 6.45) is 8.50. The minimum absolute atomic E-state index is 0.951. The third-order valence-electron chi connectivity index (χ3n) is 3.35. The van der Waals surface area contributed by atoms with Crippen LogP contribution in [-0.2, 0) is 11.2 Å². The average Bonchev–Trinajstić information content (AvgIpc) is 2.45. The van der Waals surface area contributed by atoms with Gasteiger partial charge in [0.15, 0.2) is 0 Å². The Labute approximate surface area is 116 Å². The smallest absolute Gasteiger partial charge is 0.122 e. The van der Waals surface area contributed by atoms with Crippen LogP contribution >= 0.6 is 0 Å². The Bertz CT molecular complexity index is 486. The van der Waals surface area contributed by atoms with Crippen molar-refractivity contribution in [2.24, 2.45) is 0 Å². The number of methoxy groups -OCH3 is 1. The quantitative estimate of drug-likeness (QED) is 0.801. The standard InChI is InChI=1S/C17H22NO/c1-18(2)13-12-14-8-4-5-9-15(14)16-10-6-7-11-17(16)19-3/h4-6,8-11H,7,12-13H2,1-3H3. The van der Waals surface area contributed by atoms with Gasteiger partial charge >= 0.3 is 0 Å². The van der Waals surface area contributed by atoms with Crippen LogP contribution in [0.25, 0.3) is 5.57 Å². The minimum atomic E-state index is 0.951. The number of nitrogens with zero attached hydrogens (tertiary/aromatic N) is 1. The highest BCUT2D eigenvalue weighted by Gasteiger charge is 2.14. The Hall–Kier alpha value is -1.54. The van der Waals surface area contributed by atoms with Crippen LogP contribution in [0.1, 0.15) is 17.5 Å². The first-order chi connectivity index (χ1) is 9.22. The molecule has 2 heteroatoms. The van der Waals surface area contributed by atoms with Gasteiger partial charge < -0.3 is 9.64 Å². The lowest BCUT2D eigenvalue weighted by atomic mass is 9.92. The van der Waals surface area contributed by atoms with Crippen molar-refractivity contribution in [3.05, 3.63) is 59.7 Å². The molecule has 0 unspecified atom stereocenters. The second-order valence-corrected chi connectivity index (χ2v) is 5.03. The zero-order chi connectivity index (χ0) is 13.7. The third kappa shape index (κ3) is 3.48. The molecule has 1 aromatic rings. The van der Waals surface area contributed by atoms with Gasteiger partial charge in [0.1, 0.15) is 5.76 Å². The van der Waals surface area contributed by atoms with Crippen molar-refractivity contribution < 1.29 is 4.74 Å². The lowest BCUT2D eigenvalue weighted by Crippen LogP contribution is -2.16. The van der Waals surface area contributed by atoms with Crippen LogP contribution in [-0.4, -0.2) is 32.6 Å². The van der Waals surface area contributed by atoms with Crippen LogP contribution in [0.2, 0.25) is 0 Å². The lowest BCUT2D eigenvalue weighted by Gasteiger charge is -2.19. The second kappa shape index (κ2) is 6.58. The lowest BCUT2D eigenvalue weighted by molar-refractivity contribution is 0.309. The van der Waals surface area contributed by atoms with E-state index in [-0.39, 0.29) is 0 Å². The fourth-order valence-electron chi connectivity index (χ4n) is 2.31. The van der Waals surface area contributed by atoms with Gasteiger partial charge in [-0.05, 0) is 50.6 Å². The number of hydrogen-bond acceptors (Lipinski definition) is 2. The first-order valence-electron chi connectivity index (χ1n) is 6.73. The summed E-state index contributed by atoms with van der Waals surface area (Å²) in [5.74, 6) is 0.986. The molecule has 0 saturated carbocycles. The molecule has 1 radical (unpaired) electrons. The monoisotopic (exact) mass is 256 g/mol. The molecule has 19 heavy (non-hydrogen) atoms. The fourth-order valence-corrected chi connectivity index (χ4v) is 2.31. The zero-order valence-corrected chi connectivity index (χ0v) is 12.0. The molecule has 0 spiro atoms. The number of ether oxygens (including phenoxy) is 1. The molecule has 0 aliphatic heterocycles. The van der Waals surface area contributed by atoms with Gasteiger partial charge in [-0.15, -0.1) is 0 Å². The molecule has 101 valence electrons. The van der Waals surface area contributed by atoms with E-state index in [1.807, 2.05) is 0 Å². The van der Waals surface area contributed by atoms with E-state index >= 15 is 0 Å². The van der Waals surface area contributed by atoms with Crippen LogP contribution in [0.3, 0.4) is 0 Å². The van der Waals surface area contributed by atoms with Crippen molar-refractivity contribution in [1.82, 2.24) is 4.90 Å². The highest BCUT2D eigenvalue weighted by molar-refractivity contribution is 5.80. The molecule has 0 atom stereocenters. The van der Waals surface area contributed by atoms with Gasteiger partial charge in [0.2, 0.25) is 0 Å². The topological polar surface area (TPSA) is 12.5 Å². The largest absolute Gasteiger partial charge is 0.496 e. The Morgan fingerprint density at radius 1 is 1.21 bits per heavy atom. The predicted molar refractivity (Wildman–Crippen MR) is 80.7 cm³/mol. The first kappa shape index (κ1) is 13.9. The molecule has 1 aliphatic rings. The molecule has 0 saturated heterocycles. The van der Waals surface area contributed by atoms with Gasteiger partial charge in [-0.2, -0.15) is 0 Å². The molecule has 0 bridgehead atoms. The Kier molecular flexibility index (Phi) is 4.80. The predicted octanol–water partition coefficient (Wildman–Crippen LogP) is 3.31. The van der Waals surface area contributed by atoms with E-state index in [2.05, 4.69) is 61.8 Å². The van der Waals surface area contributed by atoms with Crippen molar-refractivity contribution in [1.29, 1.82) is 0 Å². The average molecular weight is 256 g/mol. The van der Waals surface area contributed by atoms with Crippen LogP contribution in [0, 0.1) is 6.42 Å². The minimum Gasteiger partial charge on any atom is -0.496 e. The van der Waals surface area contributed by atoms with Crippen molar-refractivity contribution >= 4 is 5.57 Å².